The first-order chi connectivity index (χ1) is 5.66. The third kappa shape index (κ3) is 261. The fourth-order valence-corrected chi connectivity index (χ4v) is 0. The molecule has 0 aliphatic rings. The minimum absolute atomic E-state index is 0. The van der Waals surface area contributed by atoms with Gasteiger partial charge in [0.15, 0.2) is 0 Å². The van der Waals surface area contributed by atoms with Crippen molar-refractivity contribution in [2.45, 2.75) is 0 Å². The molecule has 0 amide bonds. The van der Waals surface area contributed by atoms with E-state index in [1.165, 1.54) is 0 Å². The third-order valence-electron chi connectivity index (χ3n) is 0. The summed E-state index contributed by atoms with van der Waals surface area (Å²) >= 11 is 0. The Morgan fingerprint density at radius 2 is 0.571 bits per heavy atom. The first-order valence-electron chi connectivity index (χ1n) is 1.71. The average Bonchev–Trinajstić information content (AvgIpc) is 1.92. The van der Waals surface area contributed by atoms with Gasteiger partial charge in [-0.05, 0) is 0 Å². The molecule has 14 heavy (non-hydrogen) atoms. The Bertz CT molecular complexity index is 163. The van der Waals surface area contributed by atoms with E-state index in [0.717, 1.165) is 0 Å². The van der Waals surface area contributed by atoms with E-state index in [1.54, 1.807) is 0 Å². The van der Waals surface area contributed by atoms with Gasteiger partial charge in [0.05, 0.1) is 0 Å². The molecule has 0 aromatic heterocycles. The third-order valence-corrected chi connectivity index (χ3v) is 0. The normalized spacial score (nSPS) is 2.00. The van der Waals surface area contributed by atoms with Gasteiger partial charge in [-0.15, -0.1) is 0 Å². The smallest absolute Gasteiger partial charge is 0.812 e. The van der Waals surface area contributed by atoms with Crippen molar-refractivity contribution in [2.24, 2.45) is 0 Å². The van der Waals surface area contributed by atoms with Crippen LogP contribution in [0.2, 0.25) is 0 Å². The molecule has 0 rings (SSSR count). The molecule has 1 radical (unpaired) electrons. The molecule has 77 valence electrons. The summed E-state index contributed by atoms with van der Waals surface area (Å²) in [6, 6.07) is 0. The second-order valence-corrected chi connectivity index (χ2v) is 0.365. The maximum Gasteiger partial charge on any atom is 2.00 e. The molecule has 0 atom stereocenters. The van der Waals surface area contributed by atoms with Crippen LogP contribution in [0.5, 0.6) is 0 Å². The summed E-state index contributed by atoms with van der Waals surface area (Å²) < 4.78 is 0. The molecule has 0 fully saturated rings. The molecular formula is C4CoFeN4O4. The average molecular weight is 283 g/mol. The van der Waals surface area contributed by atoms with E-state index in [-0.39, 0.29) is 33.8 Å². The molecule has 8 nitrogen and oxygen atoms in total. The van der Waals surface area contributed by atoms with Crippen molar-refractivity contribution in [3.63, 3.8) is 0 Å². The van der Waals surface area contributed by atoms with Crippen LogP contribution in [-0.2, 0) is 33.8 Å². The summed E-state index contributed by atoms with van der Waals surface area (Å²) in [6.07, 6.45) is 2.00. The van der Waals surface area contributed by atoms with E-state index in [1.807, 2.05) is 0 Å². The molecule has 0 unspecified atom stereocenters. The Morgan fingerprint density at radius 1 is 0.571 bits per heavy atom. The van der Waals surface area contributed by atoms with Crippen LogP contribution in [0.3, 0.4) is 0 Å². The van der Waals surface area contributed by atoms with Crippen molar-refractivity contribution in [1.29, 1.82) is 21.0 Å². The summed E-state index contributed by atoms with van der Waals surface area (Å²) in [4.78, 5) is 0. The van der Waals surface area contributed by atoms with Gasteiger partial charge in [-0.25, -0.2) is 21.0 Å². The molecule has 0 heterocycles. The Morgan fingerprint density at radius 3 is 0.571 bits per heavy atom. The molecular weight excluding hydrogens is 283 g/mol. The minimum Gasteiger partial charge on any atom is -0.812 e. The fraction of sp³-hybridized carbons (Fsp3) is 0. The van der Waals surface area contributed by atoms with Gasteiger partial charge in [0, 0.05) is 25.0 Å². The summed E-state index contributed by atoms with van der Waals surface area (Å²) in [5.41, 5.74) is 0. The van der Waals surface area contributed by atoms with Crippen molar-refractivity contribution in [2.75, 3.05) is 0 Å². The van der Waals surface area contributed by atoms with Crippen molar-refractivity contribution in [1.82, 2.24) is 0 Å². The van der Waals surface area contributed by atoms with E-state index in [2.05, 4.69) is 0 Å². The van der Waals surface area contributed by atoms with Crippen molar-refractivity contribution < 1.29 is 54.3 Å². The van der Waals surface area contributed by atoms with Crippen molar-refractivity contribution in [3.05, 3.63) is 0 Å². The summed E-state index contributed by atoms with van der Waals surface area (Å²) in [5.74, 6) is 0. The zero-order valence-electron chi connectivity index (χ0n) is 6.11. The number of nitrogens with zero attached hydrogens (tertiary/aromatic N) is 4. The van der Waals surface area contributed by atoms with Gasteiger partial charge in [0.25, 0.3) is 0 Å². The van der Waals surface area contributed by atoms with Gasteiger partial charge in [-0.2, -0.15) is 0 Å². The van der Waals surface area contributed by atoms with Crippen LogP contribution >= 0.6 is 0 Å². The molecule has 10 heteroatoms. The van der Waals surface area contributed by atoms with Crippen LogP contribution in [0.25, 0.3) is 0 Å². The van der Waals surface area contributed by atoms with E-state index in [9.17, 15) is 0 Å². The summed E-state index contributed by atoms with van der Waals surface area (Å²) in [5, 5.41) is 60.0. The van der Waals surface area contributed by atoms with Gasteiger partial charge in [0.2, 0.25) is 0 Å². The predicted octanol–water partition coefficient (Wildman–Crippen LogP) is -4.69. The van der Waals surface area contributed by atoms with Crippen LogP contribution in [-0.4, -0.2) is 0 Å². The molecule has 0 saturated carbocycles. The summed E-state index contributed by atoms with van der Waals surface area (Å²) in [7, 11) is 0. The van der Waals surface area contributed by atoms with Crippen LogP contribution < -0.4 is 20.4 Å². The summed E-state index contributed by atoms with van der Waals surface area (Å²) in [6.45, 7) is 0. The number of nitriles is 4. The Balaban J connectivity index is -0.0000000145. The predicted molar refractivity (Wildman–Crippen MR) is 22.5 cm³/mol. The standard InChI is InChI=1S/4CHNO.Co.Fe/c4*2-1-3;;/h4*3H;;/q;;;;2*+2/p-4. The van der Waals surface area contributed by atoms with Crippen LogP contribution in [0, 0.1) is 46.1 Å². The molecule has 0 bridgehead atoms. The minimum atomic E-state index is 0. The number of hydrogen-bond donors (Lipinski definition) is 0. The van der Waals surface area contributed by atoms with Crippen molar-refractivity contribution >= 4 is 0 Å². The Kier molecular flexibility index (Phi) is 691. The Hall–Kier alpha value is -1.81. The molecule has 0 aliphatic carbocycles. The second-order valence-electron chi connectivity index (χ2n) is 0.365. The molecule has 0 aromatic carbocycles. The topological polar surface area (TPSA) is 187 Å². The number of hydrogen-bond acceptors (Lipinski definition) is 8. The number of rotatable bonds is 0. The molecule has 0 spiro atoms. The Labute approximate surface area is 101 Å². The van der Waals surface area contributed by atoms with Gasteiger partial charge < -0.3 is 20.4 Å². The van der Waals surface area contributed by atoms with Gasteiger partial charge in [0.1, 0.15) is 0 Å². The maximum absolute atomic E-state index is 8.24. The SMILES string of the molecule is N#C[O-].N#C[O-].N#C[O-].N#C[O-].[Co+2].[Fe+2]. The largest absolute Gasteiger partial charge is 2.00 e. The maximum atomic E-state index is 8.24. The quantitative estimate of drug-likeness (QED) is 0.313. The monoisotopic (exact) mass is 283 g/mol. The zero-order valence-corrected chi connectivity index (χ0v) is 8.25. The molecule has 0 saturated heterocycles. The van der Waals surface area contributed by atoms with E-state index in [4.69, 9.17) is 41.5 Å². The molecule has 0 N–H and O–H groups in total. The molecule has 0 aromatic rings. The first kappa shape index (κ1) is 39.8. The van der Waals surface area contributed by atoms with Gasteiger partial charge >= 0.3 is 33.8 Å². The van der Waals surface area contributed by atoms with Crippen LogP contribution in [0.4, 0.5) is 0 Å². The van der Waals surface area contributed by atoms with E-state index >= 15 is 0 Å². The molecule has 0 aliphatic heterocycles. The van der Waals surface area contributed by atoms with Gasteiger partial charge in [-0.1, -0.05) is 0 Å². The zero-order chi connectivity index (χ0) is 10.8. The van der Waals surface area contributed by atoms with Crippen LogP contribution in [0.15, 0.2) is 0 Å². The van der Waals surface area contributed by atoms with E-state index < -0.39 is 0 Å². The second kappa shape index (κ2) is 243. The van der Waals surface area contributed by atoms with Crippen LogP contribution in [0.1, 0.15) is 0 Å². The first-order valence-corrected chi connectivity index (χ1v) is 1.71. The fourth-order valence-electron chi connectivity index (χ4n) is 0. The van der Waals surface area contributed by atoms with Crippen molar-refractivity contribution in [3.8, 4) is 25.0 Å². The van der Waals surface area contributed by atoms with Gasteiger partial charge in [-0.3, -0.25) is 0 Å². The van der Waals surface area contributed by atoms with E-state index in [0.29, 0.717) is 25.0 Å².